The van der Waals surface area contributed by atoms with Gasteiger partial charge in [-0.05, 0) is 48.3 Å². The molecule has 2 heterocycles. The summed E-state index contributed by atoms with van der Waals surface area (Å²) in [5.41, 5.74) is 0.528. The summed E-state index contributed by atoms with van der Waals surface area (Å²) in [4.78, 5) is 76.2. The number of halogens is 1. The Labute approximate surface area is 311 Å². The fraction of sp³-hybridized carbons (Fsp3) is 0.550. The van der Waals surface area contributed by atoms with E-state index in [0.717, 1.165) is 36.8 Å². The van der Waals surface area contributed by atoms with E-state index in [0.29, 0.717) is 30.0 Å². The zero-order valence-electron chi connectivity index (χ0n) is 30.7. The number of hydrogen-bond acceptors (Lipinski definition) is 7. The first-order valence-electron chi connectivity index (χ1n) is 18.6. The van der Waals surface area contributed by atoms with Crippen LogP contribution >= 0.6 is 11.6 Å². The third-order valence-corrected chi connectivity index (χ3v) is 10.6. The number of amides is 4. The van der Waals surface area contributed by atoms with E-state index in [1.807, 2.05) is 70.2 Å². The number of Topliss-reactive ketones (excluding diaryl/α,β-unsaturated/α-hetero) is 1. The minimum Gasteiger partial charge on any atom is -0.387 e. The van der Waals surface area contributed by atoms with E-state index >= 15 is 0 Å². The molecule has 0 bridgehead atoms. The number of carbonyl (C=O) groups excluding carboxylic acids is 5. The first kappa shape index (κ1) is 39.0. The minimum absolute atomic E-state index is 0.0342. The van der Waals surface area contributed by atoms with Gasteiger partial charge >= 0.3 is 0 Å². The van der Waals surface area contributed by atoms with E-state index in [2.05, 4.69) is 21.1 Å². The van der Waals surface area contributed by atoms with Gasteiger partial charge < -0.3 is 25.7 Å². The zero-order valence-corrected chi connectivity index (χ0v) is 31.5. The molecule has 4 amide bonds. The van der Waals surface area contributed by atoms with Gasteiger partial charge in [-0.25, -0.2) is 0 Å². The van der Waals surface area contributed by atoms with E-state index in [9.17, 15) is 24.0 Å². The van der Waals surface area contributed by atoms with Crippen LogP contribution < -0.4 is 16.0 Å². The molecule has 1 aliphatic carbocycles. The Morgan fingerprint density at radius 3 is 2.40 bits per heavy atom. The van der Waals surface area contributed by atoms with Crippen molar-refractivity contribution in [2.45, 2.75) is 122 Å². The van der Waals surface area contributed by atoms with Gasteiger partial charge in [-0.1, -0.05) is 113 Å². The second-order valence-electron chi connectivity index (χ2n) is 15.6. The zero-order chi connectivity index (χ0) is 37.5. The van der Waals surface area contributed by atoms with Crippen LogP contribution in [0.2, 0.25) is 5.02 Å². The summed E-state index contributed by atoms with van der Waals surface area (Å²) in [5, 5.41) is 13.4. The minimum atomic E-state index is -1.10. The van der Waals surface area contributed by atoms with Crippen molar-refractivity contribution in [2.24, 2.45) is 16.5 Å². The van der Waals surface area contributed by atoms with E-state index in [1.54, 1.807) is 12.1 Å². The molecule has 1 spiro atoms. The summed E-state index contributed by atoms with van der Waals surface area (Å²) < 4.78 is 0. The lowest BCUT2D eigenvalue weighted by atomic mass is 9.84. The molecule has 0 unspecified atom stereocenters. The quantitative estimate of drug-likeness (QED) is 0.233. The third-order valence-electron chi connectivity index (χ3n) is 10.3. The van der Waals surface area contributed by atoms with Crippen molar-refractivity contribution in [3.05, 3.63) is 70.7 Å². The largest absolute Gasteiger partial charge is 0.387 e. The fourth-order valence-electron chi connectivity index (χ4n) is 7.49. The van der Waals surface area contributed by atoms with Crippen LogP contribution in [-0.2, 0) is 35.4 Å². The maximum Gasteiger partial charge on any atom is 0.289 e. The van der Waals surface area contributed by atoms with E-state index in [-0.39, 0.29) is 37.8 Å². The molecule has 52 heavy (non-hydrogen) atoms. The molecule has 2 aromatic carbocycles. The van der Waals surface area contributed by atoms with Crippen LogP contribution in [0.3, 0.4) is 0 Å². The van der Waals surface area contributed by atoms with Gasteiger partial charge in [0.2, 0.25) is 23.5 Å². The number of hydrogen-bond donors (Lipinski definition) is 3. The standard InChI is InChI=1S/C40H52ClN5O6/c1-5-13-30(34(48)37(50)42-24-27-16-10-7-11-17-27)43-36(49)32-23-40(22-31(45-52-40)28-18-12-19-29(41)21-28)25-46(32)38(51)35(39(2,3)4)44-33(47)20-26-14-8-6-9-15-26/h7,10-12,16-19,21,26,30,32,35H,5-6,8-9,13-15,20,22-25H2,1-4H3,(H,42,50)(H,43,49)(H,44,47)/t30-,32-,35+,40+/m0/s1. The molecule has 2 aromatic rings. The Morgan fingerprint density at radius 1 is 1.00 bits per heavy atom. The molecule has 0 aromatic heterocycles. The molecule has 1 saturated heterocycles. The topological polar surface area (TPSA) is 146 Å². The number of likely N-dealkylation sites (tertiary alicyclic amines) is 1. The highest BCUT2D eigenvalue weighted by molar-refractivity contribution is 6.38. The number of oxime groups is 1. The van der Waals surface area contributed by atoms with Gasteiger partial charge in [0.15, 0.2) is 5.60 Å². The predicted octanol–water partition coefficient (Wildman–Crippen LogP) is 5.48. The SMILES string of the molecule is CCC[C@H](NC(=O)[C@@H]1C[C@]2(CC(c3cccc(Cl)c3)=NO2)CN1C(=O)[C@@H](NC(=O)CC1CCCCC1)C(C)(C)C)C(=O)C(=O)NCc1ccccc1. The van der Waals surface area contributed by atoms with E-state index in [4.69, 9.17) is 16.4 Å². The lowest BCUT2D eigenvalue weighted by Crippen LogP contribution is -2.59. The molecule has 3 aliphatic rings. The average Bonchev–Trinajstić information content (AvgIpc) is 3.72. The second-order valence-corrected chi connectivity index (χ2v) is 16.1. The molecule has 11 nitrogen and oxygen atoms in total. The second kappa shape index (κ2) is 17.1. The van der Waals surface area contributed by atoms with Crippen molar-refractivity contribution >= 4 is 46.7 Å². The van der Waals surface area contributed by atoms with Crippen LogP contribution in [0.15, 0.2) is 59.8 Å². The monoisotopic (exact) mass is 733 g/mol. The summed E-state index contributed by atoms with van der Waals surface area (Å²) >= 11 is 6.27. The van der Waals surface area contributed by atoms with Crippen molar-refractivity contribution < 1.29 is 28.8 Å². The molecular formula is C40H52ClN5O6. The highest BCUT2D eigenvalue weighted by Crippen LogP contribution is 2.40. The first-order chi connectivity index (χ1) is 24.8. The number of nitrogens with zero attached hydrogens (tertiary/aromatic N) is 2. The lowest BCUT2D eigenvalue weighted by molar-refractivity contribution is -0.145. The van der Waals surface area contributed by atoms with Gasteiger partial charge in [-0.2, -0.15) is 0 Å². The Hall–Kier alpha value is -4.25. The van der Waals surface area contributed by atoms with Crippen molar-refractivity contribution in [2.75, 3.05) is 6.54 Å². The van der Waals surface area contributed by atoms with E-state index < -0.39 is 52.6 Å². The van der Waals surface area contributed by atoms with Crippen molar-refractivity contribution in [3.8, 4) is 0 Å². The van der Waals surface area contributed by atoms with Crippen molar-refractivity contribution in [1.29, 1.82) is 0 Å². The number of ketones is 1. The maximum absolute atomic E-state index is 14.6. The van der Waals surface area contributed by atoms with Crippen LogP contribution in [0, 0.1) is 11.3 Å². The van der Waals surface area contributed by atoms with Crippen molar-refractivity contribution in [1.82, 2.24) is 20.9 Å². The van der Waals surface area contributed by atoms with Crippen molar-refractivity contribution in [3.63, 3.8) is 0 Å². The summed E-state index contributed by atoms with van der Waals surface area (Å²) in [6, 6.07) is 13.4. The summed E-state index contributed by atoms with van der Waals surface area (Å²) in [5.74, 6) is -2.46. The van der Waals surface area contributed by atoms with Crippen LogP contribution in [0.1, 0.15) is 103 Å². The molecule has 5 rings (SSSR count). The molecule has 2 aliphatic heterocycles. The van der Waals surface area contributed by atoms with Gasteiger partial charge in [0.25, 0.3) is 5.91 Å². The fourth-order valence-corrected chi connectivity index (χ4v) is 7.68. The molecule has 0 radical (unpaired) electrons. The van der Waals surface area contributed by atoms with Crippen LogP contribution in [0.5, 0.6) is 0 Å². The average molecular weight is 734 g/mol. The third kappa shape index (κ3) is 9.79. The highest BCUT2D eigenvalue weighted by atomic mass is 35.5. The smallest absolute Gasteiger partial charge is 0.289 e. The van der Waals surface area contributed by atoms with Crippen LogP contribution in [-0.4, -0.2) is 70.3 Å². The molecule has 280 valence electrons. The first-order valence-corrected chi connectivity index (χ1v) is 18.9. The number of carbonyl (C=O) groups is 5. The Bertz CT molecular complexity index is 1650. The lowest BCUT2D eigenvalue weighted by Gasteiger charge is -2.36. The van der Waals surface area contributed by atoms with Gasteiger partial charge in [0, 0.05) is 36.4 Å². The molecule has 12 heteroatoms. The Morgan fingerprint density at radius 2 is 1.73 bits per heavy atom. The summed E-state index contributed by atoms with van der Waals surface area (Å²) in [7, 11) is 0. The molecule has 1 saturated carbocycles. The molecular weight excluding hydrogens is 682 g/mol. The maximum atomic E-state index is 14.6. The number of rotatable bonds is 13. The van der Waals surface area contributed by atoms with E-state index in [1.165, 1.54) is 11.3 Å². The summed E-state index contributed by atoms with van der Waals surface area (Å²) in [6.45, 7) is 7.71. The van der Waals surface area contributed by atoms with Crippen LogP contribution in [0.25, 0.3) is 0 Å². The highest BCUT2D eigenvalue weighted by Gasteiger charge is 2.55. The Kier molecular flexibility index (Phi) is 12.8. The number of nitrogens with one attached hydrogen (secondary N) is 3. The molecule has 2 fully saturated rings. The normalized spacial score (nSPS) is 21.5. The van der Waals surface area contributed by atoms with Gasteiger partial charge in [-0.3, -0.25) is 24.0 Å². The Balaban J connectivity index is 1.36. The summed E-state index contributed by atoms with van der Waals surface area (Å²) in [6.07, 6.45) is 6.87. The van der Waals surface area contributed by atoms with Gasteiger partial charge in [0.1, 0.15) is 12.1 Å². The molecule has 4 atom stereocenters. The predicted molar refractivity (Wildman–Crippen MR) is 199 cm³/mol. The molecule has 3 N–H and O–H groups in total. The van der Waals surface area contributed by atoms with Gasteiger partial charge in [0.05, 0.1) is 18.3 Å². The number of benzene rings is 2. The van der Waals surface area contributed by atoms with Crippen LogP contribution in [0.4, 0.5) is 0 Å². The van der Waals surface area contributed by atoms with Gasteiger partial charge in [-0.15, -0.1) is 0 Å².